The molecule has 0 aliphatic carbocycles. The van der Waals surface area contributed by atoms with Crippen LogP contribution in [0.4, 0.5) is 13.2 Å². The summed E-state index contributed by atoms with van der Waals surface area (Å²) in [4.78, 5) is 11.3. The van der Waals surface area contributed by atoms with Crippen LogP contribution in [0.3, 0.4) is 0 Å². The van der Waals surface area contributed by atoms with Gasteiger partial charge < -0.3 is 9.84 Å². The van der Waals surface area contributed by atoms with Crippen LogP contribution in [0.25, 0.3) is 0 Å². The average molecular weight is 310 g/mol. The molecule has 0 saturated carbocycles. The number of phenolic OH excluding ortho intramolecular Hbond substituents is 1. The largest absolute Gasteiger partial charge is 0.508 e. The molecule has 6 heteroatoms. The second-order valence-corrected chi connectivity index (χ2v) is 4.72. The molecule has 116 valence electrons. The van der Waals surface area contributed by atoms with Crippen molar-refractivity contribution in [3.05, 3.63) is 59.2 Å². The summed E-state index contributed by atoms with van der Waals surface area (Å²) in [5.41, 5.74) is -0.796. The summed E-state index contributed by atoms with van der Waals surface area (Å²) < 4.78 is 44.2. The first-order valence-corrected chi connectivity index (χ1v) is 6.40. The number of ether oxygens (including phenoxy) is 1. The number of Topliss-reactive ketones (excluding diaryl/α,β-unsaturated/α-hetero) is 1. The molecule has 1 N–H and O–H groups in total. The standard InChI is InChI=1S/C16H13F3O3/c1-10(20)14-6-5-13(8-15(14)16(17,18)19)22-9-11-3-2-4-12(21)7-11/h2-8,21H,9H2,1H3. The lowest BCUT2D eigenvalue weighted by molar-refractivity contribution is -0.138. The monoisotopic (exact) mass is 310 g/mol. The van der Waals surface area contributed by atoms with E-state index in [4.69, 9.17) is 4.74 Å². The number of phenols is 1. The average Bonchev–Trinajstić information content (AvgIpc) is 2.44. The lowest BCUT2D eigenvalue weighted by Crippen LogP contribution is -2.12. The Kier molecular flexibility index (Phi) is 4.40. The maximum Gasteiger partial charge on any atom is 0.417 e. The van der Waals surface area contributed by atoms with Crippen molar-refractivity contribution >= 4 is 5.78 Å². The van der Waals surface area contributed by atoms with Gasteiger partial charge in [0.25, 0.3) is 0 Å². The van der Waals surface area contributed by atoms with E-state index < -0.39 is 23.1 Å². The molecular formula is C16H13F3O3. The number of halogens is 3. The summed E-state index contributed by atoms with van der Waals surface area (Å²) in [6.07, 6.45) is -4.63. The Hall–Kier alpha value is -2.50. The van der Waals surface area contributed by atoms with Crippen LogP contribution >= 0.6 is 0 Å². The molecule has 0 heterocycles. The third kappa shape index (κ3) is 3.78. The maximum atomic E-state index is 13.0. The van der Waals surface area contributed by atoms with Gasteiger partial charge >= 0.3 is 6.18 Å². The zero-order chi connectivity index (χ0) is 16.3. The minimum Gasteiger partial charge on any atom is -0.508 e. The van der Waals surface area contributed by atoms with Gasteiger partial charge in [-0.1, -0.05) is 12.1 Å². The Morgan fingerprint density at radius 3 is 2.50 bits per heavy atom. The molecular weight excluding hydrogens is 297 g/mol. The summed E-state index contributed by atoms with van der Waals surface area (Å²) in [7, 11) is 0. The van der Waals surface area contributed by atoms with Crippen LogP contribution in [0, 0.1) is 0 Å². The molecule has 0 aromatic heterocycles. The number of rotatable bonds is 4. The fourth-order valence-corrected chi connectivity index (χ4v) is 1.97. The van der Waals surface area contributed by atoms with E-state index in [1.807, 2.05) is 0 Å². The Morgan fingerprint density at radius 2 is 1.91 bits per heavy atom. The number of hydrogen-bond acceptors (Lipinski definition) is 3. The Morgan fingerprint density at radius 1 is 1.18 bits per heavy atom. The van der Waals surface area contributed by atoms with Gasteiger partial charge in [0, 0.05) is 5.56 Å². The van der Waals surface area contributed by atoms with Crippen molar-refractivity contribution in [3.63, 3.8) is 0 Å². The highest BCUT2D eigenvalue weighted by Gasteiger charge is 2.34. The summed E-state index contributed by atoms with van der Waals surface area (Å²) in [6.45, 7) is 1.09. The van der Waals surface area contributed by atoms with Crippen molar-refractivity contribution in [2.45, 2.75) is 19.7 Å². The van der Waals surface area contributed by atoms with E-state index in [2.05, 4.69) is 0 Å². The molecule has 0 atom stereocenters. The van der Waals surface area contributed by atoms with E-state index in [1.54, 1.807) is 12.1 Å². The highest BCUT2D eigenvalue weighted by molar-refractivity contribution is 5.95. The van der Waals surface area contributed by atoms with Crippen molar-refractivity contribution in [3.8, 4) is 11.5 Å². The van der Waals surface area contributed by atoms with E-state index in [0.29, 0.717) is 5.56 Å². The molecule has 0 saturated heterocycles. The van der Waals surface area contributed by atoms with Gasteiger partial charge in [-0.2, -0.15) is 13.2 Å². The normalized spacial score (nSPS) is 11.3. The number of benzene rings is 2. The van der Waals surface area contributed by atoms with Crippen LogP contribution in [0.5, 0.6) is 11.5 Å². The van der Waals surface area contributed by atoms with Crippen molar-refractivity contribution < 1.29 is 27.8 Å². The van der Waals surface area contributed by atoms with Gasteiger partial charge in [0.1, 0.15) is 18.1 Å². The lowest BCUT2D eigenvalue weighted by Gasteiger charge is -2.13. The molecule has 0 amide bonds. The third-order valence-electron chi connectivity index (χ3n) is 2.99. The number of aromatic hydroxyl groups is 1. The van der Waals surface area contributed by atoms with Gasteiger partial charge in [-0.25, -0.2) is 0 Å². The van der Waals surface area contributed by atoms with E-state index in [-0.39, 0.29) is 18.1 Å². The molecule has 0 unspecified atom stereocenters. The van der Waals surface area contributed by atoms with Gasteiger partial charge in [0.05, 0.1) is 5.56 Å². The molecule has 2 rings (SSSR count). The number of ketones is 1. The highest BCUT2D eigenvalue weighted by Crippen LogP contribution is 2.34. The fourth-order valence-electron chi connectivity index (χ4n) is 1.97. The van der Waals surface area contributed by atoms with Gasteiger partial charge in [0.2, 0.25) is 0 Å². The molecule has 0 fully saturated rings. The topological polar surface area (TPSA) is 46.5 Å². The first kappa shape index (κ1) is 15.9. The van der Waals surface area contributed by atoms with Crippen molar-refractivity contribution in [2.75, 3.05) is 0 Å². The van der Waals surface area contributed by atoms with Crippen LogP contribution < -0.4 is 4.74 Å². The molecule has 2 aromatic carbocycles. The zero-order valence-corrected chi connectivity index (χ0v) is 11.6. The fraction of sp³-hybridized carbons (Fsp3) is 0.188. The molecule has 0 aliphatic rings. The van der Waals surface area contributed by atoms with Gasteiger partial charge in [-0.05, 0) is 42.8 Å². The van der Waals surface area contributed by atoms with Crippen LogP contribution in [0.15, 0.2) is 42.5 Å². The zero-order valence-electron chi connectivity index (χ0n) is 11.6. The van der Waals surface area contributed by atoms with Crippen LogP contribution in [0.2, 0.25) is 0 Å². The predicted molar refractivity (Wildman–Crippen MR) is 73.9 cm³/mol. The summed E-state index contributed by atoms with van der Waals surface area (Å²) in [5, 5.41) is 9.32. The molecule has 2 aromatic rings. The minimum absolute atomic E-state index is 0.000618. The van der Waals surface area contributed by atoms with Crippen LogP contribution in [-0.4, -0.2) is 10.9 Å². The highest BCUT2D eigenvalue weighted by atomic mass is 19.4. The Balaban J connectivity index is 2.24. The van der Waals surface area contributed by atoms with Gasteiger partial charge in [-0.15, -0.1) is 0 Å². The maximum absolute atomic E-state index is 13.0. The smallest absolute Gasteiger partial charge is 0.417 e. The molecule has 0 aliphatic heterocycles. The van der Waals surface area contributed by atoms with Crippen molar-refractivity contribution in [1.82, 2.24) is 0 Å². The van der Waals surface area contributed by atoms with Gasteiger partial charge in [0.15, 0.2) is 5.78 Å². The van der Waals surface area contributed by atoms with Crippen molar-refractivity contribution in [1.29, 1.82) is 0 Å². The van der Waals surface area contributed by atoms with E-state index in [9.17, 15) is 23.1 Å². The second kappa shape index (κ2) is 6.09. The predicted octanol–water partition coefficient (Wildman–Crippen LogP) is 4.19. The summed E-state index contributed by atoms with van der Waals surface area (Å²) in [6, 6.07) is 9.43. The molecule has 0 radical (unpaired) electrons. The van der Waals surface area contributed by atoms with Crippen molar-refractivity contribution in [2.24, 2.45) is 0 Å². The number of hydrogen-bond donors (Lipinski definition) is 1. The molecule has 0 spiro atoms. The second-order valence-electron chi connectivity index (χ2n) is 4.72. The molecule has 3 nitrogen and oxygen atoms in total. The minimum atomic E-state index is -4.63. The Labute approximate surface area is 125 Å². The number of alkyl halides is 3. The number of carbonyl (C=O) groups is 1. The summed E-state index contributed by atoms with van der Waals surface area (Å²) in [5.74, 6) is -0.614. The van der Waals surface area contributed by atoms with Gasteiger partial charge in [-0.3, -0.25) is 4.79 Å². The lowest BCUT2D eigenvalue weighted by atomic mass is 10.0. The first-order valence-electron chi connectivity index (χ1n) is 6.40. The summed E-state index contributed by atoms with van der Waals surface area (Å²) >= 11 is 0. The Bertz CT molecular complexity index is 693. The molecule has 22 heavy (non-hydrogen) atoms. The number of carbonyl (C=O) groups excluding carboxylic acids is 1. The quantitative estimate of drug-likeness (QED) is 0.861. The van der Waals surface area contributed by atoms with E-state index in [0.717, 1.165) is 19.1 Å². The SMILES string of the molecule is CC(=O)c1ccc(OCc2cccc(O)c2)cc1C(F)(F)F. The van der Waals surface area contributed by atoms with Crippen LogP contribution in [-0.2, 0) is 12.8 Å². The van der Waals surface area contributed by atoms with E-state index >= 15 is 0 Å². The first-order chi connectivity index (χ1) is 10.3. The van der Waals surface area contributed by atoms with Crippen LogP contribution in [0.1, 0.15) is 28.4 Å². The molecule has 0 bridgehead atoms. The third-order valence-corrected chi connectivity index (χ3v) is 2.99. The van der Waals surface area contributed by atoms with E-state index in [1.165, 1.54) is 18.2 Å².